The molecule has 1 unspecified atom stereocenters. The molecule has 0 aliphatic carbocycles. The van der Waals surface area contributed by atoms with Crippen LogP contribution in [0.25, 0.3) is 0 Å². The highest BCUT2D eigenvalue weighted by molar-refractivity contribution is 5.51. The first-order valence-corrected chi connectivity index (χ1v) is 5.34. The number of nitrogens with two attached hydrogens (primary N) is 1. The molecule has 0 aromatic heterocycles. The van der Waals surface area contributed by atoms with Crippen LogP contribution in [0, 0.1) is 0 Å². The quantitative estimate of drug-likeness (QED) is 0.726. The van der Waals surface area contributed by atoms with E-state index in [9.17, 15) is 0 Å². The minimum Gasteiger partial charge on any atom is -0.399 e. The molecule has 1 atom stereocenters. The minimum absolute atomic E-state index is 0.482. The van der Waals surface area contributed by atoms with Crippen LogP contribution in [0.1, 0.15) is 13.3 Å². The number of hydrogen-bond donors (Lipinski definition) is 2. The van der Waals surface area contributed by atoms with E-state index in [0.717, 1.165) is 24.3 Å². The van der Waals surface area contributed by atoms with Crippen LogP contribution in [0.2, 0.25) is 0 Å². The average molecular weight is 207 g/mol. The van der Waals surface area contributed by atoms with E-state index >= 15 is 0 Å². The molecule has 3 nitrogen and oxygen atoms in total. The molecule has 1 aromatic rings. The van der Waals surface area contributed by atoms with Gasteiger partial charge in [0.15, 0.2) is 0 Å². The monoisotopic (exact) mass is 207 g/mol. The zero-order valence-corrected chi connectivity index (χ0v) is 9.83. The summed E-state index contributed by atoms with van der Waals surface area (Å²) in [4.78, 5) is 2.20. The third-order valence-corrected chi connectivity index (χ3v) is 2.33. The Labute approximate surface area is 92.3 Å². The molecule has 3 N–H and O–H groups in total. The van der Waals surface area contributed by atoms with E-state index in [1.807, 2.05) is 24.3 Å². The molecule has 84 valence electrons. The van der Waals surface area contributed by atoms with Crippen molar-refractivity contribution in [2.24, 2.45) is 0 Å². The molecule has 0 amide bonds. The SMILES string of the molecule is CC(CCN(C)C)Nc1ccc(N)cc1. The summed E-state index contributed by atoms with van der Waals surface area (Å²) in [6, 6.07) is 8.35. The van der Waals surface area contributed by atoms with E-state index in [0.29, 0.717) is 6.04 Å². The fraction of sp³-hybridized carbons (Fsp3) is 0.500. The molecule has 0 spiro atoms. The Morgan fingerprint density at radius 3 is 2.40 bits per heavy atom. The zero-order chi connectivity index (χ0) is 11.3. The number of nitrogen functional groups attached to an aromatic ring is 1. The average Bonchev–Trinajstić information content (AvgIpc) is 2.19. The summed E-state index contributed by atoms with van der Waals surface area (Å²) < 4.78 is 0. The molecule has 0 fully saturated rings. The van der Waals surface area contributed by atoms with Crippen LogP contribution in [-0.2, 0) is 0 Å². The highest BCUT2D eigenvalue weighted by atomic mass is 15.1. The molecule has 3 heteroatoms. The Hall–Kier alpha value is -1.22. The Morgan fingerprint density at radius 1 is 1.27 bits per heavy atom. The number of benzene rings is 1. The fourth-order valence-electron chi connectivity index (χ4n) is 1.39. The van der Waals surface area contributed by atoms with Gasteiger partial charge in [0.25, 0.3) is 0 Å². The van der Waals surface area contributed by atoms with Crippen LogP contribution >= 0.6 is 0 Å². The van der Waals surface area contributed by atoms with E-state index in [4.69, 9.17) is 5.73 Å². The molecule has 0 heterocycles. The Balaban J connectivity index is 2.37. The first-order valence-electron chi connectivity index (χ1n) is 5.34. The number of hydrogen-bond acceptors (Lipinski definition) is 3. The predicted octanol–water partition coefficient (Wildman–Crippen LogP) is 2.02. The number of nitrogens with one attached hydrogen (secondary N) is 1. The third-order valence-electron chi connectivity index (χ3n) is 2.33. The molecule has 0 saturated heterocycles. The Morgan fingerprint density at radius 2 is 1.87 bits per heavy atom. The molecule has 1 aromatic carbocycles. The smallest absolute Gasteiger partial charge is 0.0343 e. The van der Waals surface area contributed by atoms with E-state index in [1.165, 1.54) is 0 Å². The van der Waals surface area contributed by atoms with Gasteiger partial charge >= 0.3 is 0 Å². The first-order chi connectivity index (χ1) is 7.08. The summed E-state index contributed by atoms with van der Waals surface area (Å²) in [6.45, 7) is 3.29. The lowest BCUT2D eigenvalue weighted by atomic mass is 10.2. The first kappa shape index (κ1) is 11.9. The number of nitrogens with zero attached hydrogens (tertiary/aromatic N) is 1. The molecular weight excluding hydrogens is 186 g/mol. The number of anilines is 2. The van der Waals surface area contributed by atoms with Gasteiger partial charge in [0.2, 0.25) is 0 Å². The molecule has 0 saturated carbocycles. The molecule has 0 aliphatic heterocycles. The maximum Gasteiger partial charge on any atom is 0.0343 e. The summed E-state index contributed by atoms with van der Waals surface area (Å²) in [7, 11) is 4.19. The topological polar surface area (TPSA) is 41.3 Å². The second-order valence-electron chi connectivity index (χ2n) is 4.26. The molecule has 1 rings (SSSR count). The second-order valence-corrected chi connectivity index (χ2v) is 4.26. The lowest BCUT2D eigenvalue weighted by Gasteiger charge is -2.17. The maximum atomic E-state index is 5.62. The number of rotatable bonds is 5. The highest BCUT2D eigenvalue weighted by Gasteiger charge is 2.02. The largest absolute Gasteiger partial charge is 0.399 e. The van der Waals surface area contributed by atoms with Crippen LogP contribution in [0.4, 0.5) is 11.4 Å². The summed E-state index contributed by atoms with van der Waals surface area (Å²) in [6.07, 6.45) is 1.14. The van der Waals surface area contributed by atoms with Gasteiger partial charge in [-0.3, -0.25) is 0 Å². The van der Waals surface area contributed by atoms with Crippen molar-refractivity contribution in [2.75, 3.05) is 31.7 Å². The van der Waals surface area contributed by atoms with Gasteiger partial charge in [0, 0.05) is 17.4 Å². The summed E-state index contributed by atoms with van der Waals surface area (Å²) in [5, 5.41) is 3.44. The lowest BCUT2D eigenvalue weighted by Crippen LogP contribution is -2.22. The zero-order valence-electron chi connectivity index (χ0n) is 9.83. The van der Waals surface area contributed by atoms with E-state index in [1.54, 1.807) is 0 Å². The highest BCUT2D eigenvalue weighted by Crippen LogP contribution is 2.12. The fourth-order valence-corrected chi connectivity index (χ4v) is 1.39. The van der Waals surface area contributed by atoms with Gasteiger partial charge in [-0.05, 0) is 58.3 Å². The lowest BCUT2D eigenvalue weighted by molar-refractivity contribution is 0.390. The normalized spacial score (nSPS) is 12.8. The summed E-state index contributed by atoms with van der Waals surface area (Å²) in [5.74, 6) is 0. The molecule has 0 radical (unpaired) electrons. The van der Waals surface area contributed by atoms with Gasteiger partial charge in [0.1, 0.15) is 0 Å². The standard InChI is InChI=1S/C12H21N3/c1-10(8-9-15(2)3)14-12-6-4-11(13)5-7-12/h4-7,10,14H,8-9,13H2,1-3H3. The summed E-state index contributed by atoms with van der Waals surface area (Å²) in [5.41, 5.74) is 7.56. The van der Waals surface area contributed by atoms with Crippen LogP contribution in [0.15, 0.2) is 24.3 Å². The van der Waals surface area contributed by atoms with Crippen LogP contribution in [-0.4, -0.2) is 31.6 Å². The van der Waals surface area contributed by atoms with Crippen molar-refractivity contribution in [1.82, 2.24) is 4.90 Å². The van der Waals surface area contributed by atoms with E-state index in [2.05, 4.69) is 31.2 Å². The van der Waals surface area contributed by atoms with Gasteiger partial charge in [0.05, 0.1) is 0 Å². The van der Waals surface area contributed by atoms with Crippen molar-refractivity contribution in [2.45, 2.75) is 19.4 Å². The van der Waals surface area contributed by atoms with Crippen molar-refractivity contribution in [3.05, 3.63) is 24.3 Å². The van der Waals surface area contributed by atoms with Gasteiger partial charge in [-0.25, -0.2) is 0 Å². The van der Waals surface area contributed by atoms with Gasteiger partial charge in [-0.2, -0.15) is 0 Å². The molecule has 15 heavy (non-hydrogen) atoms. The maximum absolute atomic E-state index is 5.62. The van der Waals surface area contributed by atoms with Gasteiger partial charge < -0.3 is 16.0 Å². The Bertz CT molecular complexity index is 279. The van der Waals surface area contributed by atoms with Crippen LogP contribution in [0.3, 0.4) is 0 Å². The summed E-state index contributed by atoms with van der Waals surface area (Å²) >= 11 is 0. The molecular formula is C12H21N3. The van der Waals surface area contributed by atoms with E-state index in [-0.39, 0.29) is 0 Å². The van der Waals surface area contributed by atoms with Gasteiger partial charge in [-0.1, -0.05) is 0 Å². The van der Waals surface area contributed by atoms with E-state index < -0.39 is 0 Å². The third kappa shape index (κ3) is 4.70. The van der Waals surface area contributed by atoms with Crippen molar-refractivity contribution in [3.8, 4) is 0 Å². The van der Waals surface area contributed by atoms with Crippen molar-refractivity contribution >= 4 is 11.4 Å². The Kier molecular flexibility index (Phi) is 4.43. The van der Waals surface area contributed by atoms with Gasteiger partial charge in [-0.15, -0.1) is 0 Å². The minimum atomic E-state index is 0.482. The van der Waals surface area contributed by atoms with Crippen molar-refractivity contribution in [3.63, 3.8) is 0 Å². The van der Waals surface area contributed by atoms with Crippen molar-refractivity contribution < 1.29 is 0 Å². The van der Waals surface area contributed by atoms with Crippen LogP contribution < -0.4 is 11.1 Å². The van der Waals surface area contributed by atoms with Crippen LogP contribution in [0.5, 0.6) is 0 Å². The molecule has 0 aliphatic rings. The predicted molar refractivity (Wildman–Crippen MR) is 67.1 cm³/mol. The molecule has 0 bridgehead atoms. The van der Waals surface area contributed by atoms with Crippen molar-refractivity contribution in [1.29, 1.82) is 0 Å². The second kappa shape index (κ2) is 5.61.